The molecule has 352 valence electrons. The number of rotatable bonds is 11. The lowest BCUT2D eigenvalue weighted by Crippen LogP contribution is -2.51. The second kappa shape index (κ2) is 18.3. The number of aromatic amines is 2. The Morgan fingerprint density at radius 2 is 1.18 bits per heavy atom. The fourth-order valence-electron chi connectivity index (χ4n) is 10.7. The van der Waals surface area contributed by atoms with Gasteiger partial charge in [0.1, 0.15) is 35.4 Å². The molecule has 14 nitrogen and oxygen atoms in total. The number of H-pyrrole nitrogens is 2. The monoisotopic (exact) mass is 908 g/mol. The topological polar surface area (TPSA) is 186 Å². The molecule has 0 radical (unpaired) electrons. The van der Waals surface area contributed by atoms with Crippen LogP contribution in [0.15, 0.2) is 48.5 Å². The lowest BCUT2D eigenvalue weighted by molar-refractivity contribution is -0.136. The minimum Gasteiger partial charge on any atom is -0.465 e. The van der Waals surface area contributed by atoms with Crippen LogP contribution in [0.25, 0.3) is 22.1 Å². The largest absolute Gasteiger partial charge is 0.465 e. The molecule has 7 atom stereocenters. The van der Waals surface area contributed by atoms with Crippen LogP contribution in [0.1, 0.15) is 151 Å². The molecule has 1 aliphatic carbocycles. The molecule has 1 saturated carbocycles. The lowest BCUT2D eigenvalue weighted by atomic mass is 9.76. The Balaban J connectivity index is 1.13. The summed E-state index contributed by atoms with van der Waals surface area (Å²) in [6.07, 6.45) is 1.93. The van der Waals surface area contributed by atoms with Crippen molar-refractivity contribution in [3.63, 3.8) is 0 Å². The van der Waals surface area contributed by atoms with Crippen molar-refractivity contribution in [2.24, 2.45) is 11.8 Å². The molecule has 3 aromatic carbocycles. The summed E-state index contributed by atoms with van der Waals surface area (Å²) in [5.41, 5.74) is 5.11. The molecule has 0 bridgehead atoms. The summed E-state index contributed by atoms with van der Waals surface area (Å²) >= 11 is 0. The summed E-state index contributed by atoms with van der Waals surface area (Å²) in [6.45, 7) is 14.7. The van der Waals surface area contributed by atoms with Crippen LogP contribution < -0.4 is 10.6 Å². The Kier molecular flexibility index (Phi) is 12.9. The zero-order valence-corrected chi connectivity index (χ0v) is 39.0. The van der Waals surface area contributed by atoms with E-state index in [2.05, 4.69) is 65.6 Å². The van der Waals surface area contributed by atoms with Gasteiger partial charge in [-0.15, -0.1) is 0 Å². The average Bonchev–Trinajstić information content (AvgIpc) is 4.12. The third-order valence-corrected chi connectivity index (χ3v) is 14.2. The Hall–Kier alpha value is -6.06. The van der Waals surface area contributed by atoms with E-state index in [-0.39, 0.29) is 46.8 Å². The van der Waals surface area contributed by atoms with E-state index in [1.54, 1.807) is 23.6 Å². The molecule has 2 aliphatic heterocycles. The van der Waals surface area contributed by atoms with Crippen molar-refractivity contribution >= 4 is 46.1 Å². The number of alkyl carbamates (subject to hydrolysis) is 1. The summed E-state index contributed by atoms with van der Waals surface area (Å²) < 4.78 is 38.2. The van der Waals surface area contributed by atoms with E-state index in [1.807, 2.05) is 26.0 Å². The Bertz CT molecular complexity index is 2640. The number of ether oxygens (including phenoxy) is 1. The number of amides is 4. The number of nitrogens with one attached hydrogen (secondary N) is 4. The number of imidazole rings is 2. The molecular formula is C50H62F2N8O6. The normalized spacial score (nSPS) is 22.2. The zero-order chi connectivity index (χ0) is 47.4. The molecule has 4 heterocycles. The van der Waals surface area contributed by atoms with Gasteiger partial charge in [-0.3, -0.25) is 9.59 Å². The van der Waals surface area contributed by atoms with Crippen molar-refractivity contribution in [2.75, 3.05) is 20.2 Å². The molecule has 4 amide bonds. The summed E-state index contributed by atoms with van der Waals surface area (Å²) in [5.74, 6) is -1.76. The van der Waals surface area contributed by atoms with E-state index in [1.165, 1.54) is 19.2 Å². The number of nitrogens with zero attached hydrogens (tertiary/aromatic N) is 4. The second-order valence-electron chi connectivity index (χ2n) is 20.1. The predicted molar refractivity (Wildman–Crippen MR) is 246 cm³/mol. The second-order valence-corrected chi connectivity index (χ2v) is 20.1. The number of halogens is 2. The number of likely N-dealkylation sites (tertiary alicyclic amines) is 2. The fraction of sp³-hybridized carbons (Fsp3) is 0.520. The lowest BCUT2D eigenvalue weighted by Gasteiger charge is -2.29. The molecule has 5 aromatic rings. The molecule has 2 aromatic heterocycles. The summed E-state index contributed by atoms with van der Waals surface area (Å²) in [7, 11) is 1.26. The highest BCUT2D eigenvalue weighted by atomic mass is 19.1. The van der Waals surface area contributed by atoms with Gasteiger partial charge >= 0.3 is 12.2 Å². The van der Waals surface area contributed by atoms with Crippen molar-refractivity contribution in [2.45, 2.75) is 134 Å². The third-order valence-electron chi connectivity index (χ3n) is 14.2. The van der Waals surface area contributed by atoms with Crippen molar-refractivity contribution < 1.29 is 37.8 Å². The van der Waals surface area contributed by atoms with Crippen LogP contribution in [0.5, 0.6) is 0 Å². The molecular weight excluding hydrogens is 847 g/mol. The van der Waals surface area contributed by atoms with Gasteiger partial charge in [-0.05, 0) is 108 Å². The Labute approximate surface area is 383 Å². The van der Waals surface area contributed by atoms with Crippen LogP contribution in [-0.2, 0) is 19.7 Å². The number of benzene rings is 3. The van der Waals surface area contributed by atoms with E-state index in [9.17, 15) is 24.3 Å². The van der Waals surface area contributed by atoms with Crippen molar-refractivity contribution in [3.8, 4) is 0 Å². The van der Waals surface area contributed by atoms with Crippen LogP contribution in [0, 0.1) is 23.5 Å². The maximum absolute atomic E-state index is 16.7. The van der Waals surface area contributed by atoms with Gasteiger partial charge in [0, 0.05) is 25.2 Å². The van der Waals surface area contributed by atoms with E-state index in [0.717, 1.165) is 17.5 Å². The van der Waals surface area contributed by atoms with E-state index in [0.29, 0.717) is 90.0 Å². The first kappa shape index (κ1) is 46.5. The smallest absolute Gasteiger partial charge is 0.407 e. The van der Waals surface area contributed by atoms with Gasteiger partial charge in [0.05, 0.1) is 41.3 Å². The minimum absolute atomic E-state index is 0.104. The van der Waals surface area contributed by atoms with Gasteiger partial charge < -0.3 is 40.2 Å². The zero-order valence-electron chi connectivity index (χ0n) is 39.0. The predicted octanol–water partition coefficient (Wildman–Crippen LogP) is 9.46. The van der Waals surface area contributed by atoms with Crippen molar-refractivity contribution in [1.29, 1.82) is 0 Å². The van der Waals surface area contributed by atoms with Gasteiger partial charge in [-0.1, -0.05) is 72.7 Å². The fourth-order valence-corrected chi connectivity index (χ4v) is 10.7. The molecule has 66 heavy (non-hydrogen) atoms. The van der Waals surface area contributed by atoms with Gasteiger partial charge in [-0.25, -0.2) is 28.3 Å². The highest BCUT2D eigenvalue weighted by Crippen LogP contribution is 2.55. The number of fused-ring (bicyclic) bond motifs is 2. The first-order chi connectivity index (χ1) is 31.3. The molecule has 4 unspecified atom stereocenters. The van der Waals surface area contributed by atoms with Gasteiger partial charge in [0.15, 0.2) is 0 Å². The van der Waals surface area contributed by atoms with Crippen LogP contribution >= 0.6 is 0 Å². The summed E-state index contributed by atoms with van der Waals surface area (Å²) in [6, 6.07) is 12.4. The number of carbonyl (C=O) groups excluding carboxylic acids is 3. The molecule has 0 spiro atoms. The van der Waals surface area contributed by atoms with Gasteiger partial charge in [-0.2, -0.15) is 0 Å². The summed E-state index contributed by atoms with van der Waals surface area (Å²) in [4.78, 5) is 71.1. The maximum Gasteiger partial charge on any atom is 0.407 e. The number of aromatic nitrogens is 4. The number of hydrogen-bond acceptors (Lipinski definition) is 7. The van der Waals surface area contributed by atoms with Crippen LogP contribution in [0.4, 0.5) is 18.4 Å². The first-order valence-corrected chi connectivity index (χ1v) is 23.3. The third kappa shape index (κ3) is 8.94. The van der Waals surface area contributed by atoms with E-state index >= 15 is 8.78 Å². The van der Waals surface area contributed by atoms with Gasteiger partial charge in [0.2, 0.25) is 11.8 Å². The number of methoxy groups -OCH3 is 1. The van der Waals surface area contributed by atoms with Gasteiger partial charge in [0.25, 0.3) is 0 Å². The SMILES string of the molecule is COC(=O)N[C@H](C(=O)N1CCCC1c1nc2cc(F)c(C3CCC(c4cc5[nH]c([C@@H]6CCCN6C(=O)[C@@H](NC(=O)O)C(C)C)nc5cc4F)C3c3ccc(C(C)(C)C)cc3)cc2[nH]1)C(C)C. The average molecular weight is 909 g/mol. The standard InChI is InChI=1S/C50H62F2N8O6/c1-25(2)42(57-48(63)64)46(61)59-19-9-11-39(59)44-53-35-21-31(33(51)23-37(35)55-44)29-17-18-30(41(29)27-13-15-28(16-14-27)50(5,6)7)32-22-36-38(24-34(32)52)56-45(54-36)40-12-10-20-60(40)47(62)43(26(3)4)58-49(65)66-8/h13-16,21-26,29-30,39-43,57H,9-12,17-20H2,1-8H3,(H,53,55)(H,54,56)(H,58,65)(H,63,64)/t29?,30?,39-,40?,41?,42-,43-/m0/s1. The van der Waals surface area contributed by atoms with Crippen LogP contribution in [0.2, 0.25) is 0 Å². The maximum atomic E-state index is 16.7. The molecule has 16 heteroatoms. The minimum atomic E-state index is -1.27. The quantitative estimate of drug-likeness (QED) is 0.0868. The number of hydrogen-bond donors (Lipinski definition) is 5. The molecule has 5 N–H and O–H groups in total. The molecule has 3 aliphatic rings. The molecule has 3 fully saturated rings. The first-order valence-electron chi connectivity index (χ1n) is 23.3. The number of carbonyl (C=O) groups is 4. The number of carboxylic acid groups (broad SMARTS) is 1. The Morgan fingerprint density at radius 3 is 1.59 bits per heavy atom. The highest BCUT2D eigenvalue weighted by molar-refractivity contribution is 5.87. The molecule has 8 rings (SSSR count). The van der Waals surface area contributed by atoms with Crippen LogP contribution in [0.3, 0.4) is 0 Å². The summed E-state index contributed by atoms with van der Waals surface area (Å²) in [5, 5.41) is 14.5. The van der Waals surface area contributed by atoms with Crippen molar-refractivity contribution in [3.05, 3.63) is 94.1 Å². The van der Waals surface area contributed by atoms with E-state index in [4.69, 9.17) is 14.7 Å². The highest BCUT2D eigenvalue weighted by Gasteiger charge is 2.43. The van der Waals surface area contributed by atoms with Crippen LogP contribution in [-0.4, -0.2) is 91.1 Å². The molecule has 2 saturated heterocycles. The van der Waals surface area contributed by atoms with Crippen molar-refractivity contribution in [1.82, 2.24) is 40.4 Å². The van der Waals surface area contributed by atoms with E-state index < -0.39 is 48.0 Å². The Morgan fingerprint density at radius 1 is 0.727 bits per heavy atom.